The summed E-state index contributed by atoms with van der Waals surface area (Å²) < 4.78 is 0. The summed E-state index contributed by atoms with van der Waals surface area (Å²) in [6.45, 7) is 2.60. The number of nitriles is 1. The number of fused-ring (bicyclic) bond motifs is 1. The zero-order chi connectivity index (χ0) is 13.9. The van der Waals surface area contributed by atoms with Crippen molar-refractivity contribution in [2.45, 2.75) is 32.7 Å². The quantitative estimate of drug-likeness (QED) is 0.926. The highest BCUT2D eigenvalue weighted by molar-refractivity contribution is 5.55. The maximum absolute atomic E-state index is 9.24. The molecule has 1 N–H and O–H groups in total. The molecule has 0 bridgehead atoms. The zero-order valence-electron chi connectivity index (χ0n) is 11.5. The summed E-state index contributed by atoms with van der Waals surface area (Å²) in [4.78, 5) is 8.87. The topological polar surface area (TPSA) is 61.6 Å². The Morgan fingerprint density at radius 3 is 3.00 bits per heavy atom. The summed E-state index contributed by atoms with van der Waals surface area (Å²) >= 11 is 0. The van der Waals surface area contributed by atoms with Gasteiger partial charge in [-0.15, -0.1) is 0 Å². The Kier molecular flexibility index (Phi) is 3.34. The Bertz CT molecular complexity index is 668. The molecule has 0 unspecified atom stereocenters. The maximum atomic E-state index is 9.24. The number of pyridine rings is 2. The summed E-state index contributed by atoms with van der Waals surface area (Å²) in [5.74, 6) is 0.689. The molecule has 20 heavy (non-hydrogen) atoms. The molecule has 0 aliphatic heterocycles. The van der Waals surface area contributed by atoms with Gasteiger partial charge in [0.2, 0.25) is 0 Å². The molecule has 0 radical (unpaired) electrons. The van der Waals surface area contributed by atoms with Crippen LogP contribution in [0.15, 0.2) is 24.4 Å². The zero-order valence-corrected chi connectivity index (χ0v) is 11.5. The molecule has 100 valence electrons. The second-order valence-corrected chi connectivity index (χ2v) is 5.12. The van der Waals surface area contributed by atoms with E-state index >= 15 is 0 Å². The van der Waals surface area contributed by atoms with Crippen LogP contribution in [0, 0.1) is 18.3 Å². The van der Waals surface area contributed by atoms with Crippen LogP contribution < -0.4 is 5.32 Å². The van der Waals surface area contributed by atoms with E-state index < -0.39 is 0 Å². The van der Waals surface area contributed by atoms with E-state index in [1.54, 1.807) is 0 Å². The lowest BCUT2D eigenvalue weighted by atomic mass is 10.1. The summed E-state index contributed by atoms with van der Waals surface area (Å²) in [5.41, 5.74) is 5.08. The van der Waals surface area contributed by atoms with Gasteiger partial charge in [0.25, 0.3) is 0 Å². The van der Waals surface area contributed by atoms with Gasteiger partial charge in [0.15, 0.2) is 0 Å². The van der Waals surface area contributed by atoms with Crippen molar-refractivity contribution in [3.05, 3.63) is 52.5 Å². The number of rotatable bonds is 3. The van der Waals surface area contributed by atoms with E-state index in [0.717, 1.165) is 36.2 Å². The minimum absolute atomic E-state index is 0.630. The molecule has 2 aromatic rings. The average molecular weight is 264 g/mol. The fraction of sp³-hybridized carbons (Fsp3) is 0.312. The molecule has 1 aliphatic rings. The number of hydrogen-bond acceptors (Lipinski definition) is 4. The van der Waals surface area contributed by atoms with Crippen molar-refractivity contribution in [2.24, 2.45) is 0 Å². The molecule has 2 heterocycles. The van der Waals surface area contributed by atoms with Crippen molar-refractivity contribution >= 4 is 5.82 Å². The van der Waals surface area contributed by atoms with Gasteiger partial charge in [-0.05, 0) is 49.4 Å². The molecule has 4 heteroatoms. The van der Waals surface area contributed by atoms with Crippen LogP contribution in [0.5, 0.6) is 0 Å². The van der Waals surface area contributed by atoms with Gasteiger partial charge < -0.3 is 5.32 Å². The molecular weight excluding hydrogens is 248 g/mol. The lowest BCUT2D eigenvalue weighted by molar-refractivity contribution is 0.899. The van der Waals surface area contributed by atoms with E-state index in [9.17, 15) is 5.26 Å². The Morgan fingerprint density at radius 1 is 1.35 bits per heavy atom. The Morgan fingerprint density at radius 2 is 2.25 bits per heavy atom. The number of anilines is 1. The predicted molar refractivity (Wildman–Crippen MR) is 77.3 cm³/mol. The van der Waals surface area contributed by atoms with Gasteiger partial charge in [-0.3, -0.25) is 4.98 Å². The van der Waals surface area contributed by atoms with Crippen LogP contribution in [0.25, 0.3) is 0 Å². The van der Waals surface area contributed by atoms with Crippen molar-refractivity contribution in [1.82, 2.24) is 9.97 Å². The fourth-order valence-electron chi connectivity index (χ4n) is 2.48. The van der Waals surface area contributed by atoms with Crippen LogP contribution in [0.3, 0.4) is 0 Å². The highest BCUT2D eigenvalue weighted by atomic mass is 15.0. The summed E-state index contributed by atoms with van der Waals surface area (Å²) in [7, 11) is 0. The Labute approximate surface area is 118 Å². The molecule has 0 amide bonds. The van der Waals surface area contributed by atoms with Gasteiger partial charge in [-0.1, -0.05) is 6.07 Å². The van der Waals surface area contributed by atoms with E-state index in [1.807, 2.05) is 31.3 Å². The van der Waals surface area contributed by atoms with E-state index in [-0.39, 0.29) is 0 Å². The average Bonchev–Trinajstić information content (AvgIpc) is 2.92. The Hall–Kier alpha value is -2.41. The summed E-state index contributed by atoms with van der Waals surface area (Å²) in [6, 6.07) is 8.23. The molecular formula is C16H16N4. The first-order valence-electron chi connectivity index (χ1n) is 6.84. The monoisotopic (exact) mass is 264 g/mol. The van der Waals surface area contributed by atoms with Crippen LogP contribution in [0.4, 0.5) is 5.82 Å². The predicted octanol–water partition coefficient (Wildman–Crippen LogP) is 2.76. The smallest absolute Gasteiger partial charge is 0.144 e. The molecule has 0 saturated heterocycles. The minimum Gasteiger partial charge on any atom is -0.365 e. The van der Waals surface area contributed by atoms with Crippen molar-refractivity contribution in [3.8, 4) is 6.07 Å². The first kappa shape index (κ1) is 12.6. The molecule has 3 rings (SSSR count). The third-order valence-corrected chi connectivity index (χ3v) is 3.60. The van der Waals surface area contributed by atoms with Gasteiger partial charge in [0.05, 0.1) is 5.56 Å². The third-order valence-electron chi connectivity index (χ3n) is 3.60. The molecule has 2 aromatic heterocycles. The standard InChI is InChI=1S/C16H16N4/c1-11-5-6-12(9-18-11)10-19-16-14(8-17)7-13-3-2-4-15(13)20-16/h5-7,9H,2-4,10H2,1H3,(H,19,20). The van der Waals surface area contributed by atoms with Crippen LogP contribution >= 0.6 is 0 Å². The van der Waals surface area contributed by atoms with Gasteiger partial charge >= 0.3 is 0 Å². The van der Waals surface area contributed by atoms with Gasteiger partial charge in [-0.25, -0.2) is 4.98 Å². The number of aryl methyl sites for hydroxylation is 3. The van der Waals surface area contributed by atoms with E-state index in [2.05, 4.69) is 21.4 Å². The van der Waals surface area contributed by atoms with Crippen molar-refractivity contribution in [3.63, 3.8) is 0 Å². The first-order valence-corrected chi connectivity index (χ1v) is 6.84. The van der Waals surface area contributed by atoms with Gasteiger partial charge in [-0.2, -0.15) is 5.26 Å². The Balaban J connectivity index is 1.80. The lowest BCUT2D eigenvalue weighted by Crippen LogP contribution is -2.06. The number of aromatic nitrogens is 2. The number of nitrogens with zero attached hydrogens (tertiary/aromatic N) is 3. The van der Waals surface area contributed by atoms with Gasteiger partial charge in [0, 0.05) is 24.1 Å². The molecule has 0 saturated carbocycles. The summed E-state index contributed by atoms with van der Waals surface area (Å²) in [6.07, 6.45) is 5.04. The van der Waals surface area contributed by atoms with E-state index in [4.69, 9.17) is 0 Å². The summed E-state index contributed by atoms with van der Waals surface area (Å²) in [5, 5.41) is 12.5. The molecule has 0 aromatic carbocycles. The van der Waals surface area contributed by atoms with Crippen LogP contribution in [0.1, 0.15) is 34.5 Å². The lowest BCUT2D eigenvalue weighted by Gasteiger charge is -2.09. The second-order valence-electron chi connectivity index (χ2n) is 5.12. The van der Waals surface area contributed by atoms with Gasteiger partial charge in [0.1, 0.15) is 11.9 Å². The largest absolute Gasteiger partial charge is 0.365 e. The molecule has 0 atom stereocenters. The third kappa shape index (κ3) is 2.48. The highest BCUT2D eigenvalue weighted by Gasteiger charge is 2.16. The molecule has 0 fully saturated rings. The van der Waals surface area contributed by atoms with Crippen molar-refractivity contribution in [2.75, 3.05) is 5.32 Å². The van der Waals surface area contributed by atoms with Crippen LogP contribution in [0.2, 0.25) is 0 Å². The van der Waals surface area contributed by atoms with Crippen molar-refractivity contribution < 1.29 is 0 Å². The molecule has 0 spiro atoms. The highest BCUT2D eigenvalue weighted by Crippen LogP contribution is 2.25. The maximum Gasteiger partial charge on any atom is 0.144 e. The van der Waals surface area contributed by atoms with E-state index in [0.29, 0.717) is 17.9 Å². The number of hydrogen-bond donors (Lipinski definition) is 1. The first-order chi connectivity index (χ1) is 9.76. The minimum atomic E-state index is 0.630. The second kappa shape index (κ2) is 5.30. The van der Waals surface area contributed by atoms with Crippen LogP contribution in [-0.2, 0) is 19.4 Å². The normalized spacial score (nSPS) is 12.8. The SMILES string of the molecule is Cc1ccc(CNc2nc3c(cc2C#N)CCC3)cn1. The molecule has 4 nitrogen and oxygen atoms in total. The van der Waals surface area contributed by atoms with Crippen molar-refractivity contribution in [1.29, 1.82) is 5.26 Å². The number of nitrogens with one attached hydrogen (secondary N) is 1. The van der Waals surface area contributed by atoms with E-state index in [1.165, 1.54) is 5.56 Å². The fourth-order valence-corrected chi connectivity index (χ4v) is 2.48. The van der Waals surface area contributed by atoms with Crippen LogP contribution in [-0.4, -0.2) is 9.97 Å². The molecule has 1 aliphatic carbocycles.